The number of anilines is 1. The topological polar surface area (TPSA) is 40.5 Å². The number of phenols is 1. The van der Waals surface area contributed by atoms with Crippen LogP contribution >= 0.6 is 27.5 Å². The zero-order valence-electron chi connectivity index (χ0n) is 10.8. The highest BCUT2D eigenvalue weighted by molar-refractivity contribution is 9.10. The minimum absolute atomic E-state index is 0.120. The van der Waals surface area contributed by atoms with Crippen molar-refractivity contribution in [3.63, 3.8) is 0 Å². The first kappa shape index (κ1) is 14.9. The molecule has 0 radical (unpaired) electrons. The molecule has 1 N–H and O–H groups in total. The Morgan fingerprint density at radius 2 is 2.05 bits per heavy atom. The zero-order valence-corrected chi connectivity index (χ0v) is 13.1. The molecule has 104 valence electrons. The summed E-state index contributed by atoms with van der Waals surface area (Å²) in [6, 6.07) is 11.7. The Hall–Kier alpha value is -1.52. The fourth-order valence-corrected chi connectivity index (χ4v) is 2.47. The van der Waals surface area contributed by atoms with Crippen molar-refractivity contribution in [2.24, 2.45) is 0 Å². The number of rotatable bonds is 3. The maximum atomic E-state index is 12.6. The van der Waals surface area contributed by atoms with E-state index in [4.69, 9.17) is 11.6 Å². The van der Waals surface area contributed by atoms with Crippen LogP contribution in [0.4, 0.5) is 5.69 Å². The number of carbonyl (C=O) groups is 1. The van der Waals surface area contributed by atoms with Crippen molar-refractivity contribution in [2.45, 2.75) is 6.92 Å². The summed E-state index contributed by atoms with van der Waals surface area (Å²) in [5.74, 6) is -0.0847. The Morgan fingerprint density at radius 3 is 2.70 bits per heavy atom. The molecule has 2 aromatic rings. The van der Waals surface area contributed by atoms with E-state index >= 15 is 0 Å². The van der Waals surface area contributed by atoms with Gasteiger partial charge in [-0.2, -0.15) is 0 Å². The van der Waals surface area contributed by atoms with E-state index in [1.807, 2.05) is 6.92 Å². The average molecular weight is 355 g/mol. The average Bonchev–Trinajstić information content (AvgIpc) is 2.42. The Morgan fingerprint density at radius 1 is 1.30 bits per heavy atom. The van der Waals surface area contributed by atoms with Crippen molar-refractivity contribution in [1.29, 1.82) is 0 Å². The van der Waals surface area contributed by atoms with Gasteiger partial charge in [0.25, 0.3) is 5.91 Å². The molecule has 0 aliphatic carbocycles. The first-order chi connectivity index (χ1) is 9.52. The van der Waals surface area contributed by atoms with E-state index in [1.54, 1.807) is 47.4 Å². The lowest BCUT2D eigenvalue weighted by Gasteiger charge is -2.22. The summed E-state index contributed by atoms with van der Waals surface area (Å²) in [5, 5.41) is 9.94. The molecule has 0 aliphatic rings. The third kappa shape index (κ3) is 3.14. The van der Waals surface area contributed by atoms with Crippen LogP contribution in [0, 0.1) is 0 Å². The lowest BCUT2D eigenvalue weighted by atomic mass is 10.1. The van der Waals surface area contributed by atoms with Crippen LogP contribution in [0.3, 0.4) is 0 Å². The lowest BCUT2D eigenvalue weighted by molar-refractivity contribution is 0.0988. The van der Waals surface area contributed by atoms with Gasteiger partial charge < -0.3 is 10.0 Å². The number of hydrogen-bond acceptors (Lipinski definition) is 2. The number of hydrogen-bond donors (Lipinski definition) is 1. The molecule has 0 atom stereocenters. The number of carbonyl (C=O) groups excluding carboxylic acids is 1. The van der Waals surface area contributed by atoms with Crippen LogP contribution in [0.15, 0.2) is 46.9 Å². The van der Waals surface area contributed by atoms with Crippen LogP contribution in [-0.2, 0) is 0 Å². The molecule has 0 saturated heterocycles. The van der Waals surface area contributed by atoms with E-state index in [2.05, 4.69) is 15.9 Å². The minimum Gasteiger partial charge on any atom is -0.508 e. The molecule has 0 aliphatic heterocycles. The normalized spacial score (nSPS) is 10.3. The Balaban J connectivity index is 2.41. The summed E-state index contributed by atoms with van der Waals surface area (Å²) in [4.78, 5) is 14.2. The molecule has 0 heterocycles. The Kier molecular flexibility index (Phi) is 4.68. The molecule has 1 amide bonds. The molecule has 0 saturated carbocycles. The van der Waals surface area contributed by atoms with Gasteiger partial charge >= 0.3 is 0 Å². The maximum Gasteiger partial charge on any atom is 0.259 e. The fourth-order valence-electron chi connectivity index (χ4n) is 1.91. The number of halogens is 2. The van der Waals surface area contributed by atoms with E-state index in [9.17, 15) is 9.90 Å². The van der Waals surface area contributed by atoms with Gasteiger partial charge in [0.1, 0.15) is 5.75 Å². The highest BCUT2D eigenvalue weighted by atomic mass is 79.9. The molecule has 2 rings (SSSR count). The summed E-state index contributed by atoms with van der Waals surface area (Å²) in [6.45, 7) is 2.35. The van der Waals surface area contributed by atoms with Gasteiger partial charge in [-0.15, -0.1) is 0 Å². The molecular weight excluding hydrogens is 342 g/mol. The predicted molar refractivity (Wildman–Crippen MR) is 84.6 cm³/mol. The largest absolute Gasteiger partial charge is 0.508 e. The molecule has 3 nitrogen and oxygen atoms in total. The first-order valence-corrected chi connectivity index (χ1v) is 7.26. The third-order valence-electron chi connectivity index (χ3n) is 2.86. The Labute approximate surface area is 130 Å². The maximum absolute atomic E-state index is 12.6. The third-order valence-corrected chi connectivity index (χ3v) is 3.68. The van der Waals surface area contributed by atoms with Crippen molar-refractivity contribution in [2.75, 3.05) is 11.4 Å². The highest BCUT2D eigenvalue weighted by Gasteiger charge is 2.19. The van der Waals surface area contributed by atoms with Crippen LogP contribution in [0.25, 0.3) is 0 Å². The van der Waals surface area contributed by atoms with Crippen molar-refractivity contribution < 1.29 is 9.90 Å². The SMILES string of the molecule is CCN(C(=O)c1cc(Br)ccc1Cl)c1cccc(O)c1. The quantitative estimate of drug-likeness (QED) is 0.883. The van der Waals surface area contributed by atoms with Gasteiger partial charge in [0, 0.05) is 22.8 Å². The predicted octanol–water partition coefficient (Wildman–Crippen LogP) is 4.47. The van der Waals surface area contributed by atoms with Gasteiger partial charge in [0.05, 0.1) is 10.6 Å². The fraction of sp³-hybridized carbons (Fsp3) is 0.133. The van der Waals surface area contributed by atoms with Crippen LogP contribution < -0.4 is 4.90 Å². The van der Waals surface area contributed by atoms with Gasteiger partial charge in [-0.05, 0) is 37.3 Å². The molecular formula is C15H13BrClNO2. The first-order valence-electron chi connectivity index (χ1n) is 6.09. The Bertz CT molecular complexity index is 646. The minimum atomic E-state index is -0.204. The van der Waals surface area contributed by atoms with Crippen molar-refractivity contribution >= 4 is 39.1 Å². The molecule has 0 unspecified atom stereocenters. The van der Waals surface area contributed by atoms with E-state index in [0.717, 1.165) is 4.47 Å². The molecule has 20 heavy (non-hydrogen) atoms. The van der Waals surface area contributed by atoms with Crippen molar-refractivity contribution in [3.8, 4) is 5.75 Å². The van der Waals surface area contributed by atoms with Crippen molar-refractivity contribution in [3.05, 3.63) is 57.5 Å². The van der Waals surface area contributed by atoms with Crippen LogP contribution in [0.2, 0.25) is 5.02 Å². The smallest absolute Gasteiger partial charge is 0.259 e. The molecule has 0 bridgehead atoms. The number of nitrogens with zero attached hydrogens (tertiary/aromatic N) is 1. The molecule has 0 aromatic heterocycles. The van der Waals surface area contributed by atoms with Gasteiger partial charge in [0.15, 0.2) is 0 Å². The lowest BCUT2D eigenvalue weighted by Crippen LogP contribution is -2.30. The number of phenolic OH excluding ortho intramolecular Hbond substituents is 1. The standard InChI is InChI=1S/C15H13BrClNO2/c1-2-18(11-4-3-5-12(19)9-11)15(20)13-8-10(16)6-7-14(13)17/h3-9,19H,2H2,1H3. The molecule has 5 heteroatoms. The highest BCUT2D eigenvalue weighted by Crippen LogP contribution is 2.26. The molecule has 0 fully saturated rings. The zero-order chi connectivity index (χ0) is 14.7. The van der Waals surface area contributed by atoms with E-state index in [1.165, 1.54) is 0 Å². The van der Waals surface area contributed by atoms with Crippen LogP contribution in [0.1, 0.15) is 17.3 Å². The summed E-state index contributed by atoms with van der Waals surface area (Å²) in [5.41, 5.74) is 1.06. The second-order valence-corrected chi connectivity index (χ2v) is 5.52. The number of benzene rings is 2. The van der Waals surface area contributed by atoms with Crippen LogP contribution in [-0.4, -0.2) is 17.6 Å². The van der Waals surface area contributed by atoms with Gasteiger partial charge in [-0.3, -0.25) is 4.79 Å². The van der Waals surface area contributed by atoms with E-state index < -0.39 is 0 Å². The van der Waals surface area contributed by atoms with Crippen LogP contribution in [0.5, 0.6) is 5.75 Å². The summed E-state index contributed by atoms with van der Waals surface area (Å²) in [6.07, 6.45) is 0. The molecule has 0 spiro atoms. The second-order valence-electron chi connectivity index (χ2n) is 4.19. The van der Waals surface area contributed by atoms with Gasteiger partial charge in [0.2, 0.25) is 0 Å². The number of amides is 1. The number of aromatic hydroxyl groups is 1. The summed E-state index contributed by atoms with van der Waals surface area (Å²) in [7, 11) is 0. The van der Waals surface area contributed by atoms with Gasteiger partial charge in [-0.1, -0.05) is 33.6 Å². The summed E-state index contributed by atoms with van der Waals surface area (Å²) < 4.78 is 0.789. The summed E-state index contributed by atoms with van der Waals surface area (Å²) >= 11 is 9.43. The molecule has 2 aromatic carbocycles. The van der Waals surface area contributed by atoms with E-state index in [-0.39, 0.29) is 11.7 Å². The second kappa shape index (κ2) is 6.29. The van der Waals surface area contributed by atoms with E-state index in [0.29, 0.717) is 22.8 Å². The van der Waals surface area contributed by atoms with Gasteiger partial charge in [-0.25, -0.2) is 0 Å². The van der Waals surface area contributed by atoms with Crippen molar-refractivity contribution in [1.82, 2.24) is 0 Å². The monoisotopic (exact) mass is 353 g/mol.